The molecule has 0 aliphatic carbocycles. The van der Waals surface area contributed by atoms with Gasteiger partial charge in [-0.05, 0) is 49.4 Å². The first-order chi connectivity index (χ1) is 15.8. The van der Waals surface area contributed by atoms with Crippen LogP contribution in [-0.4, -0.2) is 49.1 Å². The fraction of sp³-hybridized carbons (Fsp3) is 0.440. The van der Waals surface area contributed by atoms with Gasteiger partial charge in [0.1, 0.15) is 0 Å². The van der Waals surface area contributed by atoms with Gasteiger partial charge in [-0.3, -0.25) is 9.59 Å². The molecule has 2 saturated heterocycles. The van der Waals surface area contributed by atoms with E-state index in [2.05, 4.69) is 5.32 Å². The SMILES string of the molecule is Cc1ccc(S(=O)(=O)N2CCCC(C(=O)NCc3ccc(CN4CCCC4=O)cc3)C2)cc1. The lowest BCUT2D eigenvalue weighted by Crippen LogP contribution is -2.45. The fourth-order valence-electron chi connectivity index (χ4n) is 4.42. The third-order valence-electron chi connectivity index (χ3n) is 6.45. The Labute approximate surface area is 195 Å². The Balaban J connectivity index is 1.31. The number of amides is 2. The van der Waals surface area contributed by atoms with E-state index in [1.165, 1.54) is 4.31 Å². The molecular weight excluding hydrogens is 438 g/mol. The predicted octanol–water partition coefficient (Wildman–Crippen LogP) is 2.83. The number of benzene rings is 2. The van der Waals surface area contributed by atoms with Crippen molar-refractivity contribution in [1.29, 1.82) is 0 Å². The van der Waals surface area contributed by atoms with Crippen LogP contribution in [0.5, 0.6) is 0 Å². The van der Waals surface area contributed by atoms with Crippen molar-refractivity contribution in [3.05, 3.63) is 65.2 Å². The van der Waals surface area contributed by atoms with Gasteiger partial charge in [-0.1, -0.05) is 42.0 Å². The van der Waals surface area contributed by atoms with Gasteiger partial charge in [0.2, 0.25) is 21.8 Å². The van der Waals surface area contributed by atoms with Gasteiger partial charge in [0.05, 0.1) is 10.8 Å². The molecule has 4 rings (SSSR count). The zero-order valence-corrected chi connectivity index (χ0v) is 19.8. The lowest BCUT2D eigenvalue weighted by atomic mass is 9.98. The highest BCUT2D eigenvalue weighted by molar-refractivity contribution is 7.89. The quantitative estimate of drug-likeness (QED) is 0.676. The monoisotopic (exact) mass is 469 g/mol. The molecule has 0 spiro atoms. The summed E-state index contributed by atoms with van der Waals surface area (Å²) in [6.45, 7) is 4.38. The summed E-state index contributed by atoms with van der Waals surface area (Å²) in [5.41, 5.74) is 3.05. The van der Waals surface area contributed by atoms with Gasteiger partial charge in [-0.15, -0.1) is 0 Å². The molecule has 8 heteroatoms. The van der Waals surface area contributed by atoms with Crippen molar-refractivity contribution in [3.8, 4) is 0 Å². The first-order valence-corrected chi connectivity index (χ1v) is 13.0. The van der Waals surface area contributed by atoms with Crippen molar-refractivity contribution >= 4 is 21.8 Å². The molecule has 2 amide bonds. The lowest BCUT2D eigenvalue weighted by Gasteiger charge is -2.31. The smallest absolute Gasteiger partial charge is 0.243 e. The molecule has 2 heterocycles. The average Bonchev–Trinajstić information content (AvgIpc) is 3.23. The molecule has 1 atom stereocenters. The Kier molecular flexibility index (Phi) is 7.14. The van der Waals surface area contributed by atoms with Gasteiger partial charge >= 0.3 is 0 Å². The zero-order chi connectivity index (χ0) is 23.4. The molecule has 33 heavy (non-hydrogen) atoms. The number of carbonyl (C=O) groups is 2. The first kappa shape index (κ1) is 23.4. The molecule has 7 nitrogen and oxygen atoms in total. The topological polar surface area (TPSA) is 86.8 Å². The van der Waals surface area contributed by atoms with Crippen LogP contribution in [0.25, 0.3) is 0 Å². The van der Waals surface area contributed by atoms with Gasteiger partial charge in [0.15, 0.2) is 0 Å². The Morgan fingerprint density at radius 3 is 2.36 bits per heavy atom. The van der Waals surface area contributed by atoms with E-state index in [9.17, 15) is 18.0 Å². The summed E-state index contributed by atoms with van der Waals surface area (Å²) in [6, 6.07) is 14.7. The summed E-state index contributed by atoms with van der Waals surface area (Å²) in [7, 11) is -3.61. The van der Waals surface area contributed by atoms with Crippen molar-refractivity contribution in [2.75, 3.05) is 19.6 Å². The molecule has 1 N–H and O–H groups in total. The molecule has 176 valence electrons. The second-order valence-corrected chi connectivity index (χ2v) is 10.9. The third kappa shape index (κ3) is 5.62. The Morgan fingerprint density at radius 1 is 1.00 bits per heavy atom. The number of hydrogen-bond acceptors (Lipinski definition) is 4. The number of sulfonamides is 1. The normalized spacial score (nSPS) is 19.6. The lowest BCUT2D eigenvalue weighted by molar-refractivity contribution is -0.128. The van der Waals surface area contributed by atoms with Gasteiger partial charge < -0.3 is 10.2 Å². The molecule has 0 bridgehead atoms. The second-order valence-electron chi connectivity index (χ2n) is 8.97. The number of piperidine rings is 1. The van der Waals surface area contributed by atoms with Gasteiger partial charge in [-0.2, -0.15) is 4.31 Å². The molecule has 0 radical (unpaired) electrons. The van der Waals surface area contributed by atoms with Crippen molar-refractivity contribution in [2.24, 2.45) is 5.92 Å². The van der Waals surface area contributed by atoms with Crippen LogP contribution in [-0.2, 0) is 32.7 Å². The Morgan fingerprint density at radius 2 is 1.70 bits per heavy atom. The fourth-order valence-corrected chi connectivity index (χ4v) is 5.95. The first-order valence-electron chi connectivity index (χ1n) is 11.5. The maximum atomic E-state index is 13.0. The number of nitrogens with one attached hydrogen (secondary N) is 1. The standard InChI is InChI=1S/C25H31N3O4S/c1-19-6-12-23(13-7-19)33(31,32)28-15-2-4-22(18-28)25(30)26-16-20-8-10-21(11-9-20)17-27-14-3-5-24(27)29/h6-13,22H,2-5,14-18H2,1H3,(H,26,30). The summed E-state index contributed by atoms with van der Waals surface area (Å²) in [6.07, 6.45) is 2.89. The van der Waals surface area contributed by atoms with Crippen LogP contribution < -0.4 is 5.32 Å². The molecule has 2 aromatic carbocycles. The van der Waals surface area contributed by atoms with Crippen molar-refractivity contribution < 1.29 is 18.0 Å². The molecule has 0 aromatic heterocycles. The summed E-state index contributed by atoms with van der Waals surface area (Å²) >= 11 is 0. The maximum absolute atomic E-state index is 13.0. The van der Waals surface area contributed by atoms with Crippen molar-refractivity contribution in [2.45, 2.75) is 50.6 Å². The third-order valence-corrected chi connectivity index (χ3v) is 8.33. The molecule has 2 fully saturated rings. The van der Waals surface area contributed by atoms with Crippen molar-refractivity contribution in [3.63, 3.8) is 0 Å². The zero-order valence-electron chi connectivity index (χ0n) is 19.0. The maximum Gasteiger partial charge on any atom is 0.243 e. The van der Waals surface area contributed by atoms with E-state index in [0.717, 1.165) is 29.7 Å². The van der Waals surface area contributed by atoms with Crippen LogP contribution in [0.15, 0.2) is 53.4 Å². The van der Waals surface area contributed by atoms with E-state index in [0.29, 0.717) is 38.9 Å². The molecule has 2 aliphatic rings. The van der Waals surface area contributed by atoms with E-state index in [1.54, 1.807) is 24.3 Å². The number of likely N-dealkylation sites (tertiary alicyclic amines) is 1. The highest BCUT2D eigenvalue weighted by atomic mass is 32.2. The van der Waals surface area contributed by atoms with Crippen LogP contribution >= 0.6 is 0 Å². The van der Waals surface area contributed by atoms with Crippen LogP contribution in [0.1, 0.15) is 42.4 Å². The van der Waals surface area contributed by atoms with Crippen LogP contribution in [0, 0.1) is 12.8 Å². The minimum absolute atomic E-state index is 0.120. The van der Waals surface area contributed by atoms with E-state index >= 15 is 0 Å². The number of nitrogens with zero attached hydrogens (tertiary/aromatic N) is 2. The summed E-state index contributed by atoms with van der Waals surface area (Å²) in [4.78, 5) is 26.7. The van der Waals surface area contributed by atoms with E-state index in [-0.39, 0.29) is 29.2 Å². The number of carbonyl (C=O) groups excluding carboxylic acids is 2. The molecule has 0 saturated carbocycles. The van der Waals surface area contributed by atoms with E-state index in [1.807, 2.05) is 36.1 Å². The van der Waals surface area contributed by atoms with E-state index in [4.69, 9.17) is 0 Å². The highest BCUT2D eigenvalue weighted by Gasteiger charge is 2.33. The van der Waals surface area contributed by atoms with Gasteiger partial charge in [0, 0.05) is 39.1 Å². The highest BCUT2D eigenvalue weighted by Crippen LogP contribution is 2.24. The van der Waals surface area contributed by atoms with Crippen molar-refractivity contribution in [1.82, 2.24) is 14.5 Å². The summed E-state index contributed by atoms with van der Waals surface area (Å²) in [5.74, 6) is -0.276. The summed E-state index contributed by atoms with van der Waals surface area (Å²) in [5, 5.41) is 2.96. The largest absolute Gasteiger partial charge is 0.352 e. The van der Waals surface area contributed by atoms with E-state index < -0.39 is 10.0 Å². The Bertz CT molecular complexity index is 1100. The van der Waals surface area contributed by atoms with Gasteiger partial charge in [-0.25, -0.2) is 8.42 Å². The van der Waals surface area contributed by atoms with Crippen LogP contribution in [0.4, 0.5) is 0 Å². The predicted molar refractivity (Wildman–Crippen MR) is 126 cm³/mol. The molecular formula is C25H31N3O4S. The number of hydrogen-bond donors (Lipinski definition) is 1. The van der Waals surface area contributed by atoms with Crippen LogP contribution in [0.3, 0.4) is 0 Å². The minimum atomic E-state index is -3.61. The summed E-state index contributed by atoms with van der Waals surface area (Å²) < 4.78 is 27.4. The Hall–Kier alpha value is -2.71. The molecule has 2 aliphatic heterocycles. The van der Waals surface area contributed by atoms with Gasteiger partial charge in [0.25, 0.3) is 0 Å². The molecule has 2 aromatic rings. The second kappa shape index (κ2) is 10.1. The number of aryl methyl sites for hydroxylation is 1. The minimum Gasteiger partial charge on any atom is -0.352 e. The molecule has 1 unspecified atom stereocenters. The number of rotatable bonds is 7. The average molecular weight is 470 g/mol. The van der Waals surface area contributed by atoms with Crippen LogP contribution in [0.2, 0.25) is 0 Å².